The lowest BCUT2D eigenvalue weighted by molar-refractivity contribution is 0.0638. The van der Waals surface area contributed by atoms with Gasteiger partial charge in [0.2, 0.25) is 0 Å². The number of piperidine rings is 1. The molecule has 1 fully saturated rings. The number of ether oxygens (including phenoxy) is 2. The summed E-state index contributed by atoms with van der Waals surface area (Å²) < 4.78 is 11.0. The van der Waals surface area contributed by atoms with Gasteiger partial charge in [0.05, 0.1) is 0 Å². The van der Waals surface area contributed by atoms with E-state index in [9.17, 15) is 4.79 Å². The number of alkyl halides is 1. The molecule has 0 N–H and O–H groups in total. The fourth-order valence-corrected chi connectivity index (χ4v) is 3.09. The van der Waals surface area contributed by atoms with Crippen molar-refractivity contribution in [3.63, 3.8) is 0 Å². The molecule has 2 aliphatic heterocycles. The number of halogens is 1. The molecule has 2 aliphatic rings. The summed E-state index contributed by atoms with van der Waals surface area (Å²) in [6, 6.07) is 5.53. The molecule has 108 valence electrons. The van der Waals surface area contributed by atoms with Gasteiger partial charge in [0.25, 0.3) is 5.91 Å². The topological polar surface area (TPSA) is 38.8 Å². The molecule has 0 saturated carbocycles. The minimum absolute atomic E-state index is 0.0346. The van der Waals surface area contributed by atoms with Gasteiger partial charge in [-0.2, -0.15) is 0 Å². The van der Waals surface area contributed by atoms with Gasteiger partial charge >= 0.3 is 0 Å². The lowest BCUT2D eigenvalue weighted by Crippen LogP contribution is -2.44. The van der Waals surface area contributed by atoms with Crippen molar-refractivity contribution in [2.24, 2.45) is 0 Å². The smallest absolute Gasteiger partial charge is 0.254 e. The largest absolute Gasteiger partial charge is 0.486 e. The molecule has 20 heavy (non-hydrogen) atoms. The number of hydrogen-bond donors (Lipinski definition) is 0. The molecule has 0 bridgehead atoms. The highest BCUT2D eigenvalue weighted by Crippen LogP contribution is 2.31. The standard InChI is InChI=1S/C15H18ClNO3/c16-10-12-3-1-2-6-17(12)15(18)11-4-5-13-14(9-11)20-8-7-19-13/h4-5,9,12H,1-3,6-8,10H2. The first kappa shape index (κ1) is 13.6. The monoisotopic (exact) mass is 295 g/mol. The average molecular weight is 296 g/mol. The molecule has 1 saturated heterocycles. The fraction of sp³-hybridized carbons (Fsp3) is 0.533. The van der Waals surface area contributed by atoms with Crippen molar-refractivity contribution in [1.82, 2.24) is 4.90 Å². The number of carbonyl (C=O) groups excluding carboxylic acids is 1. The van der Waals surface area contributed by atoms with Gasteiger partial charge in [-0.25, -0.2) is 0 Å². The molecule has 0 aliphatic carbocycles. The summed E-state index contributed by atoms with van der Waals surface area (Å²) in [4.78, 5) is 14.5. The van der Waals surface area contributed by atoms with E-state index in [0.717, 1.165) is 25.8 Å². The first-order valence-electron chi connectivity index (χ1n) is 7.06. The zero-order valence-electron chi connectivity index (χ0n) is 11.3. The van der Waals surface area contributed by atoms with E-state index in [1.54, 1.807) is 18.2 Å². The third kappa shape index (κ3) is 2.57. The van der Waals surface area contributed by atoms with Crippen LogP contribution in [-0.2, 0) is 0 Å². The van der Waals surface area contributed by atoms with Gasteiger partial charge in [0.15, 0.2) is 11.5 Å². The average Bonchev–Trinajstić information content (AvgIpc) is 2.53. The SMILES string of the molecule is O=C(c1ccc2c(c1)OCCO2)N1CCCCC1CCl. The van der Waals surface area contributed by atoms with E-state index in [1.165, 1.54) is 0 Å². The Kier molecular flexibility index (Phi) is 4.01. The van der Waals surface area contributed by atoms with Crippen LogP contribution in [0.3, 0.4) is 0 Å². The summed E-state index contributed by atoms with van der Waals surface area (Å²) in [6.45, 7) is 1.87. The summed E-state index contributed by atoms with van der Waals surface area (Å²) >= 11 is 5.98. The van der Waals surface area contributed by atoms with E-state index < -0.39 is 0 Å². The number of likely N-dealkylation sites (tertiary alicyclic amines) is 1. The van der Waals surface area contributed by atoms with Crippen LogP contribution in [0.5, 0.6) is 11.5 Å². The zero-order valence-corrected chi connectivity index (χ0v) is 12.1. The molecule has 0 radical (unpaired) electrons. The normalized spacial score (nSPS) is 21.6. The number of benzene rings is 1. The second-order valence-corrected chi connectivity index (χ2v) is 5.47. The maximum atomic E-state index is 12.6. The van der Waals surface area contributed by atoms with Crippen LogP contribution in [0, 0.1) is 0 Å². The van der Waals surface area contributed by atoms with Gasteiger partial charge in [0.1, 0.15) is 13.2 Å². The van der Waals surface area contributed by atoms with Crippen molar-refractivity contribution in [3.05, 3.63) is 23.8 Å². The van der Waals surface area contributed by atoms with Crippen molar-refractivity contribution in [1.29, 1.82) is 0 Å². The third-order valence-electron chi connectivity index (χ3n) is 3.86. The van der Waals surface area contributed by atoms with Gasteiger partial charge < -0.3 is 14.4 Å². The molecule has 0 aromatic heterocycles. The van der Waals surface area contributed by atoms with Gasteiger partial charge in [-0.1, -0.05) is 0 Å². The highest BCUT2D eigenvalue weighted by Gasteiger charge is 2.27. The Morgan fingerprint density at radius 1 is 1.25 bits per heavy atom. The Morgan fingerprint density at radius 3 is 2.85 bits per heavy atom. The van der Waals surface area contributed by atoms with E-state index in [0.29, 0.717) is 36.2 Å². The highest BCUT2D eigenvalue weighted by molar-refractivity contribution is 6.18. The van der Waals surface area contributed by atoms with Crippen LogP contribution in [0.25, 0.3) is 0 Å². The van der Waals surface area contributed by atoms with Crippen molar-refractivity contribution in [3.8, 4) is 11.5 Å². The predicted molar refractivity (Wildman–Crippen MR) is 76.8 cm³/mol. The van der Waals surface area contributed by atoms with Crippen LogP contribution >= 0.6 is 11.6 Å². The molecule has 1 aromatic carbocycles. The Balaban J connectivity index is 1.82. The van der Waals surface area contributed by atoms with Crippen LogP contribution in [0.1, 0.15) is 29.6 Å². The van der Waals surface area contributed by atoms with E-state index in [1.807, 2.05) is 4.90 Å². The van der Waals surface area contributed by atoms with Crippen LogP contribution in [0.2, 0.25) is 0 Å². The Morgan fingerprint density at radius 2 is 2.05 bits per heavy atom. The summed E-state index contributed by atoms with van der Waals surface area (Å²) in [6.07, 6.45) is 3.17. The van der Waals surface area contributed by atoms with E-state index >= 15 is 0 Å². The first-order chi connectivity index (χ1) is 9.79. The number of carbonyl (C=O) groups is 1. The highest BCUT2D eigenvalue weighted by atomic mass is 35.5. The minimum atomic E-state index is 0.0346. The van der Waals surface area contributed by atoms with Crippen molar-refractivity contribution in [2.45, 2.75) is 25.3 Å². The molecule has 4 nitrogen and oxygen atoms in total. The summed E-state index contributed by atoms with van der Waals surface area (Å²) in [5.41, 5.74) is 0.645. The van der Waals surface area contributed by atoms with Crippen molar-refractivity contribution < 1.29 is 14.3 Å². The maximum absolute atomic E-state index is 12.6. The summed E-state index contributed by atoms with van der Waals surface area (Å²) in [7, 11) is 0. The van der Waals surface area contributed by atoms with E-state index in [4.69, 9.17) is 21.1 Å². The Labute approximate surface area is 123 Å². The quantitative estimate of drug-likeness (QED) is 0.788. The molecule has 5 heteroatoms. The molecule has 2 heterocycles. The molecule has 3 rings (SSSR count). The Bertz CT molecular complexity index is 506. The minimum Gasteiger partial charge on any atom is -0.486 e. The Hall–Kier alpha value is -1.42. The number of nitrogens with zero attached hydrogens (tertiary/aromatic N) is 1. The number of fused-ring (bicyclic) bond motifs is 1. The number of rotatable bonds is 2. The van der Waals surface area contributed by atoms with Gasteiger partial charge in [-0.15, -0.1) is 11.6 Å². The van der Waals surface area contributed by atoms with Gasteiger partial charge in [0, 0.05) is 24.0 Å². The van der Waals surface area contributed by atoms with Gasteiger partial charge in [-0.3, -0.25) is 4.79 Å². The van der Waals surface area contributed by atoms with Crippen LogP contribution < -0.4 is 9.47 Å². The second kappa shape index (κ2) is 5.92. The molecule has 1 aromatic rings. The molecule has 1 amide bonds. The lowest BCUT2D eigenvalue weighted by atomic mass is 10.0. The fourth-order valence-electron chi connectivity index (χ4n) is 2.77. The van der Waals surface area contributed by atoms with E-state index in [2.05, 4.69) is 0 Å². The number of hydrogen-bond acceptors (Lipinski definition) is 3. The maximum Gasteiger partial charge on any atom is 0.254 e. The predicted octanol–water partition coefficient (Wildman–Crippen LogP) is 2.69. The lowest BCUT2D eigenvalue weighted by Gasteiger charge is -2.34. The van der Waals surface area contributed by atoms with Gasteiger partial charge in [-0.05, 0) is 37.5 Å². The van der Waals surface area contributed by atoms with Crippen molar-refractivity contribution in [2.75, 3.05) is 25.6 Å². The first-order valence-corrected chi connectivity index (χ1v) is 7.59. The second-order valence-electron chi connectivity index (χ2n) is 5.16. The summed E-state index contributed by atoms with van der Waals surface area (Å²) in [5, 5.41) is 0. The molecular formula is C15H18ClNO3. The molecular weight excluding hydrogens is 278 g/mol. The molecule has 1 atom stereocenters. The molecule has 0 spiro atoms. The van der Waals surface area contributed by atoms with Crippen LogP contribution in [-0.4, -0.2) is 42.5 Å². The summed E-state index contributed by atoms with van der Waals surface area (Å²) in [5.74, 6) is 1.89. The zero-order chi connectivity index (χ0) is 13.9. The third-order valence-corrected chi connectivity index (χ3v) is 4.21. The number of amides is 1. The van der Waals surface area contributed by atoms with Crippen LogP contribution in [0.15, 0.2) is 18.2 Å². The van der Waals surface area contributed by atoms with Crippen molar-refractivity contribution >= 4 is 17.5 Å². The van der Waals surface area contributed by atoms with Crippen LogP contribution in [0.4, 0.5) is 0 Å². The molecule has 1 unspecified atom stereocenters. The van der Waals surface area contributed by atoms with E-state index in [-0.39, 0.29) is 11.9 Å².